The number of hydrazone groups is 1. The molecule has 0 saturated carbocycles. The van der Waals surface area contributed by atoms with Crippen molar-refractivity contribution in [2.45, 2.75) is 12.5 Å². The first kappa shape index (κ1) is 19.3. The molecule has 1 aliphatic rings. The van der Waals surface area contributed by atoms with Gasteiger partial charge < -0.3 is 0 Å². The fourth-order valence-electron chi connectivity index (χ4n) is 3.62. The van der Waals surface area contributed by atoms with Crippen LogP contribution in [0.4, 0.5) is 5.13 Å². The first-order chi connectivity index (χ1) is 14.7. The van der Waals surface area contributed by atoms with Crippen molar-refractivity contribution in [2.75, 3.05) is 5.01 Å². The molecule has 0 N–H and O–H groups in total. The van der Waals surface area contributed by atoms with Crippen LogP contribution in [0.25, 0.3) is 11.3 Å². The predicted octanol–water partition coefficient (Wildman–Crippen LogP) is 7.47. The van der Waals surface area contributed by atoms with E-state index < -0.39 is 0 Å². The maximum Gasteiger partial charge on any atom is 0.207 e. The monoisotopic (exact) mass is 449 g/mol. The van der Waals surface area contributed by atoms with Crippen LogP contribution in [0.5, 0.6) is 0 Å². The van der Waals surface area contributed by atoms with Crippen molar-refractivity contribution in [2.24, 2.45) is 5.10 Å². The second-order valence-corrected chi connectivity index (χ2v) is 8.71. The van der Waals surface area contributed by atoms with Crippen molar-refractivity contribution in [3.8, 4) is 11.3 Å². The summed E-state index contributed by atoms with van der Waals surface area (Å²) in [6, 6.07) is 26.2. The summed E-state index contributed by atoms with van der Waals surface area (Å²) in [5.41, 5.74) is 5.08. The molecule has 5 rings (SSSR count). The lowest BCUT2D eigenvalue weighted by Crippen LogP contribution is -2.18. The van der Waals surface area contributed by atoms with Crippen molar-refractivity contribution in [3.63, 3.8) is 0 Å². The Hall–Kier alpha value is -2.66. The Morgan fingerprint density at radius 1 is 0.900 bits per heavy atom. The molecule has 1 aliphatic heterocycles. The normalized spacial score (nSPS) is 16.0. The number of aromatic nitrogens is 1. The summed E-state index contributed by atoms with van der Waals surface area (Å²) in [7, 11) is 0. The van der Waals surface area contributed by atoms with Gasteiger partial charge in [0, 0.05) is 28.0 Å². The van der Waals surface area contributed by atoms with Gasteiger partial charge in [0.2, 0.25) is 5.13 Å². The van der Waals surface area contributed by atoms with Crippen LogP contribution >= 0.6 is 34.5 Å². The zero-order valence-corrected chi connectivity index (χ0v) is 18.2. The number of thiazole rings is 1. The molecule has 1 aromatic heterocycles. The van der Waals surface area contributed by atoms with Gasteiger partial charge in [-0.3, -0.25) is 0 Å². The molecular formula is C24H17Cl2N3S. The number of halogens is 2. The molecule has 4 aromatic rings. The molecule has 30 heavy (non-hydrogen) atoms. The second-order valence-electron chi connectivity index (χ2n) is 7.03. The molecule has 0 bridgehead atoms. The summed E-state index contributed by atoms with van der Waals surface area (Å²) in [5.74, 6) is 0. The third-order valence-corrected chi connectivity index (χ3v) is 6.47. The first-order valence-electron chi connectivity index (χ1n) is 9.57. The minimum absolute atomic E-state index is 0.0581. The molecule has 2 heterocycles. The summed E-state index contributed by atoms with van der Waals surface area (Å²) in [4.78, 5) is 4.89. The molecule has 0 amide bonds. The zero-order chi connectivity index (χ0) is 20.5. The number of hydrogen-bond acceptors (Lipinski definition) is 4. The average Bonchev–Trinajstić information content (AvgIpc) is 3.43. The Bertz CT molecular complexity index is 1210. The van der Waals surface area contributed by atoms with Gasteiger partial charge in [0.1, 0.15) is 0 Å². The minimum atomic E-state index is 0.0581. The van der Waals surface area contributed by atoms with E-state index in [0.717, 1.165) is 34.1 Å². The third kappa shape index (κ3) is 3.74. The summed E-state index contributed by atoms with van der Waals surface area (Å²) < 4.78 is 0. The van der Waals surface area contributed by atoms with Crippen LogP contribution < -0.4 is 5.01 Å². The zero-order valence-electron chi connectivity index (χ0n) is 15.9. The van der Waals surface area contributed by atoms with Crippen LogP contribution in [0.2, 0.25) is 10.0 Å². The van der Waals surface area contributed by atoms with Gasteiger partial charge in [-0.1, -0.05) is 89.9 Å². The quantitative estimate of drug-likeness (QED) is 0.323. The highest BCUT2D eigenvalue weighted by atomic mass is 35.5. The van der Waals surface area contributed by atoms with E-state index in [1.807, 2.05) is 41.4 Å². The second kappa shape index (κ2) is 8.23. The highest BCUT2D eigenvalue weighted by Crippen LogP contribution is 2.40. The van der Waals surface area contributed by atoms with E-state index in [2.05, 4.69) is 41.8 Å². The van der Waals surface area contributed by atoms with Gasteiger partial charge in [0.25, 0.3) is 0 Å². The fraction of sp³-hybridized carbons (Fsp3) is 0.0833. The van der Waals surface area contributed by atoms with E-state index in [1.165, 1.54) is 5.56 Å². The van der Waals surface area contributed by atoms with Gasteiger partial charge in [-0.2, -0.15) is 5.10 Å². The number of rotatable bonds is 4. The summed E-state index contributed by atoms with van der Waals surface area (Å²) in [6.45, 7) is 0. The van der Waals surface area contributed by atoms with Crippen LogP contribution in [0, 0.1) is 0 Å². The van der Waals surface area contributed by atoms with E-state index in [9.17, 15) is 0 Å². The standard InChI is InChI=1S/C24H17Cl2N3S/c25-18-11-12-19(20(26)13-18)21-14-23(17-9-5-2-6-10-17)29(28-21)24-27-22(15-30-24)16-7-3-1-4-8-16/h1-13,15,23H,14H2/t23-/m0/s1. The molecule has 1 atom stereocenters. The Morgan fingerprint density at radius 3 is 2.37 bits per heavy atom. The van der Waals surface area contributed by atoms with E-state index >= 15 is 0 Å². The van der Waals surface area contributed by atoms with Crippen LogP contribution in [0.15, 0.2) is 89.3 Å². The molecule has 148 valence electrons. The van der Waals surface area contributed by atoms with Crippen molar-refractivity contribution in [1.29, 1.82) is 0 Å². The molecule has 0 unspecified atom stereocenters. The van der Waals surface area contributed by atoms with E-state index in [0.29, 0.717) is 10.0 Å². The lowest BCUT2D eigenvalue weighted by atomic mass is 9.98. The fourth-order valence-corrected chi connectivity index (χ4v) is 4.97. The van der Waals surface area contributed by atoms with Crippen LogP contribution in [-0.2, 0) is 0 Å². The lowest BCUT2D eigenvalue weighted by molar-refractivity contribution is 0.706. The molecule has 3 nitrogen and oxygen atoms in total. The topological polar surface area (TPSA) is 28.5 Å². The first-order valence-corrected chi connectivity index (χ1v) is 11.2. The Labute approximate surface area is 189 Å². The van der Waals surface area contributed by atoms with Crippen LogP contribution in [-0.4, -0.2) is 10.7 Å². The number of anilines is 1. The van der Waals surface area contributed by atoms with Crippen molar-refractivity contribution in [3.05, 3.63) is 105 Å². The molecule has 0 spiro atoms. The molecule has 0 fully saturated rings. The van der Waals surface area contributed by atoms with E-state index in [4.69, 9.17) is 33.3 Å². The largest absolute Gasteiger partial charge is 0.231 e. The number of nitrogens with zero attached hydrogens (tertiary/aromatic N) is 3. The maximum atomic E-state index is 6.48. The minimum Gasteiger partial charge on any atom is -0.231 e. The SMILES string of the molecule is Clc1ccc(C2=NN(c3nc(-c4ccccc4)cs3)[C@H](c3ccccc3)C2)c(Cl)c1. The van der Waals surface area contributed by atoms with Crippen LogP contribution in [0.1, 0.15) is 23.6 Å². The maximum absolute atomic E-state index is 6.48. The van der Waals surface area contributed by atoms with Gasteiger partial charge in [-0.25, -0.2) is 9.99 Å². The third-order valence-electron chi connectivity index (χ3n) is 5.09. The average molecular weight is 450 g/mol. The summed E-state index contributed by atoms with van der Waals surface area (Å²) >= 11 is 14.2. The van der Waals surface area contributed by atoms with Gasteiger partial charge >= 0.3 is 0 Å². The summed E-state index contributed by atoms with van der Waals surface area (Å²) in [6.07, 6.45) is 0.742. The molecule has 0 radical (unpaired) electrons. The lowest BCUT2D eigenvalue weighted by Gasteiger charge is -2.21. The van der Waals surface area contributed by atoms with Gasteiger partial charge in [-0.05, 0) is 17.7 Å². The highest BCUT2D eigenvalue weighted by molar-refractivity contribution is 7.14. The summed E-state index contributed by atoms with van der Waals surface area (Å²) in [5, 5.41) is 11.1. The number of hydrogen-bond donors (Lipinski definition) is 0. The van der Waals surface area contributed by atoms with Crippen LogP contribution in [0.3, 0.4) is 0 Å². The Kier molecular flexibility index (Phi) is 5.30. The number of benzene rings is 3. The molecule has 6 heteroatoms. The molecular weight excluding hydrogens is 433 g/mol. The van der Waals surface area contributed by atoms with Gasteiger partial charge in [0.15, 0.2) is 0 Å². The Balaban J connectivity index is 1.55. The predicted molar refractivity (Wildman–Crippen MR) is 127 cm³/mol. The van der Waals surface area contributed by atoms with E-state index in [-0.39, 0.29) is 6.04 Å². The smallest absolute Gasteiger partial charge is 0.207 e. The highest BCUT2D eigenvalue weighted by Gasteiger charge is 2.32. The van der Waals surface area contributed by atoms with E-state index in [1.54, 1.807) is 17.4 Å². The molecule has 0 saturated heterocycles. The van der Waals surface area contributed by atoms with Gasteiger partial charge in [-0.15, -0.1) is 11.3 Å². The van der Waals surface area contributed by atoms with Crippen molar-refractivity contribution < 1.29 is 0 Å². The van der Waals surface area contributed by atoms with Crippen molar-refractivity contribution in [1.82, 2.24) is 4.98 Å². The Morgan fingerprint density at radius 2 is 1.63 bits per heavy atom. The molecule has 0 aliphatic carbocycles. The molecule has 3 aromatic carbocycles. The van der Waals surface area contributed by atoms with Crippen molar-refractivity contribution >= 4 is 45.4 Å². The van der Waals surface area contributed by atoms with Gasteiger partial charge in [0.05, 0.1) is 22.5 Å².